The first-order valence-electron chi connectivity index (χ1n) is 4.86. The standard InChI is InChI=1S/C11H15NO4/c1-6(13)11(12)8-3-4-10(9(15)5-8)16-7(2)14/h3-6,11,13,15H,12H2,1-2H3/t6-,11-/m1/s1. The van der Waals surface area contributed by atoms with E-state index in [9.17, 15) is 15.0 Å². The fourth-order valence-electron chi connectivity index (χ4n) is 1.26. The van der Waals surface area contributed by atoms with Crippen LogP contribution in [0.1, 0.15) is 25.5 Å². The number of aromatic hydroxyl groups is 1. The van der Waals surface area contributed by atoms with Crippen molar-refractivity contribution < 1.29 is 19.7 Å². The van der Waals surface area contributed by atoms with Gasteiger partial charge in [0, 0.05) is 6.92 Å². The number of esters is 1. The van der Waals surface area contributed by atoms with E-state index < -0.39 is 18.1 Å². The van der Waals surface area contributed by atoms with Gasteiger partial charge in [-0.1, -0.05) is 6.07 Å². The molecule has 4 N–H and O–H groups in total. The molecule has 1 rings (SSSR count). The van der Waals surface area contributed by atoms with Gasteiger partial charge in [-0.3, -0.25) is 4.79 Å². The maximum Gasteiger partial charge on any atom is 0.308 e. The zero-order valence-electron chi connectivity index (χ0n) is 9.18. The van der Waals surface area contributed by atoms with Crippen LogP contribution in [0, 0.1) is 0 Å². The maximum atomic E-state index is 10.7. The fourth-order valence-corrected chi connectivity index (χ4v) is 1.26. The molecule has 0 radical (unpaired) electrons. The number of carbonyl (C=O) groups excluding carboxylic acids is 1. The Kier molecular flexibility index (Phi) is 3.87. The zero-order valence-corrected chi connectivity index (χ0v) is 9.18. The number of benzene rings is 1. The van der Waals surface area contributed by atoms with Gasteiger partial charge in [0.2, 0.25) is 0 Å². The second-order valence-electron chi connectivity index (χ2n) is 3.59. The van der Waals surface area contributed by atoms with Gasteiger partial charge >= 0.3 is 5.97 Å². The Hall–Kier alpha value is -1.59. The van der Waals surface area contributed by atoms with E-state index in [-0.39, 0.29) is 11.5 Å². The Labute approximate surface area is 93.5 Å². The van der Waals surface area contributed by atoms with Gasteiger partial charge in [0.25, 0.3) is 0 Å². The van der Waals surface area contributed by atoms with Crippen LogP contribution in [-0.2, 0) is 4.79 Å². The van der Waals surface area contributed by atoms with Crippen LogP contribution in [0.4, 0.5) is 0 Å². The SMILES string of the molecule is CC(=O)Oc1ccc([C@H](N)[C@@H](C)O)cc1O. The summed E-state index contributed by atoms with van der Waals surface area (Å²) in [6, 6.07) is 3.82. The average Bonchev–Trinajstić information content (AvgIpc) is 2.19. The number of carbonyl (C=O) groups is 1. The van der Waals surface area contributed by atoms with Crippen molar-refractivity contribution in [1.82, 2.24) is 0 Å². The Bertz CT molecular complexity index is 390. The smallest absolute Gasteiger partial charge is 0.308 e. The average molecular weight is 225 g/mol. The Morgan fingerprint density at radius 3 is 2.56 bits per heavy atom. The molecular weight excluding hydrogens is 210 g/mol. The number of nitrogens with two attached hydrogens (primary N) is 1. The first-order valence-corrected chi connectivity index (χ1v) is 4.86. The predicted molar refractivity (Wildman–Crippen MR) is 58.0 cm³/mol. The number of hydrogen-bond donors (Lipinski definition) is 3. The quantitative estimate of drug-likeness (QED) is 0.520. The van der Waals surface area contributed by atoms with Crippen LogP contribution in [0.3, 0.4) is 0 Å². The molecule has 0 spiro atoms. The van der Waals surface area contributed by atoms with Gasteiger partial charge < -0.3 is 20.7 Å². The molecule has 0 amide bonds. The number of rotatable bonds is 3. The highest BCUT2D eigenvalue weighted by Gasteiger charge is 2.14. The third kappa shape index (κ3) is 2.95. The molecule has 0 saturated heterocycles. The molecule has 88 valence electrons. The van der Waals surface area contributed by atoms with Gasteiger partial charge in [0.05, 0.1) is 12.1 Å². The summed E-state index contributed by atoms with van der Waals surface area (Å²) in [4.78, 5) is 10.7. The second-order valence-corrected chi connectivity index (χ2v) is 3.59. The van der Waals surface area contributed by atoms with Gasteiger partial charge in [0.15, 0.2) is 11.5 Å². The van der Waals surface area contributed by atoms with Crippen molar-refractivity contribution in [2.24, 2.45) is 5.73 Å². The first kappa shape index (κ1) is 12.5. The summed E-state index contributed by atoms with van der Waals surface area (Å²) in [5.74, 6) is -0.610. The highest BCUT2D eigenvalue weighted by atomic mass is 16.5. The lowest BCUT2D eigenvalue weighted by Gasteiger charge is -2.15. The molecule has 0 aliphatic heterocycles. The summed E-state index contributed by atoms with van der Waals surface area (Å²) in [7, 11) is 0. The lowest BCUT2D eigenvalue weighted by atomic mass is 10.0. The fraction of sp³-hybridized carbons (Fsp3) is 0.364. The number of phenolic OH excluding ortho intramolecular Hbond substituents is 1. The summed E-state index contributed by atoms with van der Waals surface area (Å²) in [6.07, 6.45) is -0.723. The van der Waals surface area contributed by atoms with E-state index in [1.807, 2.05) is 0 Å². The van der Waals surface area contributed by atoms with E-state index in [0.717, 1.165) is 0 Å². The summed E-state index contributed by atoms with van der Waals surface area (Å²) >= 11 is 0. The van der Waals surface area contributed by atoms with Gasteiger partial charge in [-0.05, 0) is 24.6 Å². The molecule has 1 aromatic carbocycles. The van der Waals surface area contributed by atoms with Crippen molar-refractivity contribution in [3.05, 3.63) is 23.8 Å². The number of aliphatic hydroxyl groups excluding tert-OH is 1. The van der Waals surface area contributed by atoms with Crippen LogP contribution in [0.5, 0.6) is 11.5 Å². The predicted octanol–water partition coefficient (Wildman–Crippen LogP) is 0.698. The van der Waals surface area contributed by atoms with Crippen LogP contribution in [0.2, 0.25) is 0 Å². The van der Waals surface area contributed by atoms with Crippen LogP contribution in [0.25, 0.3) is 0 Å². The molecule has 0 aromatic heterocycles. The third-order valence-corrected chi connectivity index (χ3v) is 2.14. The Balaban J connectivity index is 2.94. The normalized spacial score (nSPS) is 14.2. The minimum Gasteiger partial charge on any atom is -0.504 e. The Morgan fingerprint density at radius 2 is 2.12 bits per heavy atom. The summed E-state index contributed by atoms with van der Waals surface area (Å²) in [6.45, 7) is 2.80. The Morgan fingerprint density at radius 1 is 1.50 bits per heavy atom. The van der Waals surface area contributed by atoms with E-state index in [4.69, 9.17) is 10.5 Å². The van der Waals surface area contributed by atoms with Crippen molar-refractivity contribution in [2.75, 3.05) is 0 Å². The molecule has 16 heavy (non-hydrogen) atoms. The largest absolute Gasteiger partial charge is 0.504 e. The van der Waals surface area contributed by atoms with Crippen LogP contribution < -0.4 is 10.5 Å². The van der Waals surface area contributed by atoms with Crippen LogP contribution >= 0.6 is 0 Å². The van der Waals surface area contributed by atoms with E-state index >= 15 is 0 Å². The number of phenols is 1. The molecule has 5 heteroatoms. The zero-order chi connectivity index (χ0) is 12.3. The molecule has 0 saturated carbocycles. The number of aliphatic hydroxyl groups is 1. The monoisotopic (exact) mass is 225 g/mol. The highest BCUT2D eigenvalue weighted by Crippen LogP contribution is 2.29. The molecule has 1 aromatic rings. The molecule has 0 heterocycles. The topological polar surface area (TPSA) is 92.8 Å². The van der Waals surface area contributed by atoms with Crippen LogP contribution in [0.15, 0.2) is 18.2 Å². The van der Waals surface area contributed by atoms with E-state index in [0.29, 0.717) is 5.56 Å². The molecule has 0 aliphatic rings. The molecular formula is C11H15NO4. The van der Waals surface area contributed by atoms with E-state index in [1.54, 1.807) is 13.0 Å². The summed E-state index contributed by atoms with van der Waals surface area (Å²) in [5, 5.41) is 18.8. The first-order chi connectivity index (χ1) is 7.41. The van der Waals surface area contributed by atoms with Crippen LogP contribution in [-0.4, -0.2) is 22.3 Å². The molecule has 0 bridgehead atoms. The molecule has 2 atom stereocenters. The number of hydrogen-bond acceptors (Lipinski definition) is 5. The van der Waals surface area contributed by atoms with Crippen molar-refractivity contribution >= 4 is 5.97 Å². The minimum atomic E-state index is -0.723. The summed E-state index contributed by atoms with van der Waals surface area (Å²) in [5.41, 5.74) is 6.26. The van der Waals surface area contributed by atoms with E-state index in [1.165, 1.54) is 19.1 Å². The van der Waals surface area contributed by atoms with Gasteiger partial charge in [-0.15, -0.1) is 0 Å². The van der Waals surface area contributed by atoms with Crippen molar-refractivity contribution in [3.63, 3.8) is 0 Å². The maximum absolute atomic E-state index is 10.7. The summed E-state index contributed by atoms with van der Waals surface area (Å²) < 4.78 is 4.75. The lowest BCUT2D eigenvalue weighted by Crippen LogP contribution is -2.23. The number of ether oxygens (including phenoxy) is 1. The van der Waals surface area contributed by atoms with Gasteiger partial charge in [0.1, 0.15) is 0 Å². The van der Waals surface area contributed by atoms with Crippen molar-refractivity contribution in [3.8, 4) is 11.5 Å². The molecule has 0 unspecified atom stereocenters. The third-order valence-electron chi connectivity index (χ3n) is 2.14. The molecule has 5 nitrogen and oxygen atoms in total. The minimum absolute atomic E-state index is 0.0778. The van der Waals surface area contributed by atoms with E-state index in [2.05, 4.69) is 0 Å². The van der Waals surface area contributed by atoms with Gasteiger partial charge in [-0.25, -0.2) is 0 Å². The highest BCUT2D eigenvalue weighted by molar-refractivity contribution is 5.70. The van der Waals surface area contributed by atoms with Crippen molar-refractivity contribution in [2.45, 2.75) is 26.0 Å². The second kappa shape index (κ2) is 4.96. The lowest BCUT2D eigenvalue weighted by molar-refractivity contribution is -0.132. The molecule has 0 aliphatic carbocycles. The van der Waals surface area contributed by atoms with Gasteiger partial charge in [-0.2, -0.15) is 0 Å². The van der Waals surface area contributed by atoms with Crippen molar-refractivity contribution in [1.29, 1.82) is 0 Å². The molecule has 0 fully saturated rings.